The van der Waals surface area contributed by atoms with E-state index in [2.05, 4.69) is 0 Å². The number of thioether (sulfide) groups is 1. The van der Waals surface area contributed by atoms with Crippen molar-refractivity contribution in [2.24, 2.45) is 0 Å². The second-order valence-corrected chi connectivity index (χ2v) is 8.84. The van der Waals surface area contributed by atoms with E-state index in [1.807, 2.05) is 0 Å². The minimum atomic E-state index is -1.26. The molecule has 0 unspecified atom stereocenters. The highest BCUT2D eigenvalue weighted by atomic mass is 32.2. The van der Waals surface area contributed by atoms with Gasteiger partial charge in [0.2, 0.25) is 6.79 Å². The summed E-state index contributed by atoms with van der Waals surface area (Å²) in [5.41, 5.74) is 0.460. The van der Waals surface area contributed by atoms with Crippen molar-refractivity contribution < 1.29 is 38.5 Å². The molecule has 2 N–H and O–H groups in total. The van der Waals surface area contributed by atoms with E-state index in [0.717, 1.165) is 17.8 Å². The fraction of sp³-hybridized carbons (Fsp3) is 0.0435. The average molecular weight is 495 g/mol. The van der Waals surface area contributed by atoms with E-state index in [4.69, 9.17) is 26.1 Å². The van der Waals surface area contributed by atoms with E-state index in [1.165, 1.54) is 23.1 Å². The number of carboxylic acid groups (broad SMARTS) is 2. The van der Waals surface area contributed by atoms with Crippen LogP contribution in [0.5, 0.6) is 11.5 Å². The van der Waals surface area contributed by atoms with Crippen LogP contribution in [0.1, 0.15) is 26.5 Å². The van der Waals surface area contributed by atoms with Gasteiger partial charge in [-0.1, -0.05) is 24.0 Å². The maximum absolute atomic E-state index is 13.0. The lowest BCUT2D eigenvalue weighted by Crippen LogP contribution is -2.27. The molecule has 1 amide bonds. The smallest absolute Gasteiger partial charge is 0.335 e. The zero-order valence-electron chi connectivity index (χ0n) is 17.0. The van der Waals surface area contributed by atoms with Gasteiger partial charge in [0.05, 0.1) is 21.7 Å². The Morgan fingerprint density at radius 3 is 2.38 bits per heavy atom. The number of fused-ring (bicyclic) bond motifs is 1. The first kappa shape index (κ1) is 21.7. The van der Waals surface area contributed by atoms with Gasteiger partial charge in [-0.2, -0.15) is 0 Å². The molecule has 0 spiro atoms. The number of thiocarbonyl (C=S) groups is 1. The van der Waals surface area contributed by atoms with E-state index in [0.29, 0.717) is 32.2 Å². The molecular formula is C23H13NO8S2. The van der Waals surface area contributed by atoms with E-state index in [9.17, 15) is 24.6 Å². The fourth-order valence-electron chi connectivity index (χ4n) is 3.45. The molecule has 0 aliphatic carbocycles. The lowest BCUT2D eigenvalue weighted by molar-refractivity contribution is -0.113. The van der Waals surface area contributed by atoms with Crippen molar-refractivity contribution >= 4 is 57.9 Å². The summed E-state index contributed by atoms with van der Waals surface area (Å²) in [6.45, 7) is 0.112. The first-order valence-corrected chi connectivity index (χ1v) is 10.9. The van der Waals surface area contributed by atoms with Gasteiger partial charge in [0, 0.05) is 17.7 Å². The van der Waals surface area contributed by atoms with Crippen LogP contribution in [-0.4, -0.2) is 39.2 Å². The first-order chi connectivity index (χ1) is 16.3. The van der Waals surface area contributed by atoms with Gasteiger partial charge in [-0.15, -0.1) is 0 Å². The van der Waals surface area contributed by atoms with Gasteiger partial charge in [-0.25, -0.2) is 9.59 Å². The number of ether oxygens (including phenoxy) is 2. The minimum Gasteiger partial charge on any atom is -0.478 e. The summed E-state index contributed by atoms with van der Waals surface area (Å²) in [4.78, 5) is 37.5. The molecule has 2 aliphatic rings. The number of hydrogen-bond donors (Lipinski definition) is 2. The molecule has 0 bridgehead atoms. The Hall–Kier alpha value is -4.09. The van der Waals surface area contributed by atoms with Crippen molar-refractivity contribution in [3.8, 4) is 22.8 Å². The van der Waals surface area contributed by atoms with E-state index in [-0.39, 0.29) is 35.2 Å². The summed E-state index contributed by atoms with van der Waals surface area (Å²) in [7, 11) is 0. The molecule has 5 rings (SSSR count). The highest BCUT2D eigenvalue weighted by molar-refractivity contribution is 8.27. The maximum Gasteiger partial charge on any atom is 0.335 e. The predicted octanol–water partition coefficient (Wildman–Crippen LogP) is 4.48. The molecule has 1 fully saturated rings. The van der Waals surface area contributed by atoms with Crippen LogP contribution in [0.3, 0.4) is 0 Å². The summed E-state index contributed by atoms with van der Waals surface area (Å²) in [6, 6.07) is 12.0. The third-order valence-corrected chi connectivity index (χ3v) is 6.32. The van der Waals surface area contributed by atoms with Crippen LogP contribution < -0.4 is 14.4 Å². The van der Waals surface area contributed by atoms with Gasteiger partial charge >= 0.3 is 11.9 Å². The standard InChI is InChI=1S/C23H13NO8S2/c25-20-19(34-23(33)24(20)14-1-3-17-18(8-14)31-10-30-17)9-15-2-4-16(32-15)11-5-12(21(26)27)7-13(6-11)22(28)29/h1-9H,10H2,(H,26,27)(H,28,29). The number of carbonyl (C=O) groups excluding carboxylic acids is 1. The number of aromatic carboxylic acids is 2. The number of carbonyl (C=O) groups is 3. The molecule has 34 heavy (non-hydrogen) atoms. The van der Waals surface area contributed by atoms with Gasteiger partial charge in [0.25, 0.3) is 5.91 Å². The minimum absolute atomic E-state index is 0.112. The van der Waals surface area contributed by atoms with Gasteiger partial charge in [-0.3, -0.25) is 9.69 Å². The molecule has 0 radical (unpaired) electrons. The Morgan fingerprint density at radius 2 is 1.68 bits per heavy atom. The Labute approximate surface area is 201 Å². The third-order valence-electron chi connectivity index (χ3n) is 5.02. The fourth-order valence-corrected chi connectivity index (χ4v) is 4.73. The van der Waals surface area contributed by atoms with Crippen molar-refractivity contribution in [1.29, 1.82) is 0 Å². The van der Waals surface area contributed by atoms with Crippen LogP contribution in [0.25, 0.3) is 17.4 Å². The molecule has 3 heterocycles. The zero-order chi connectivity index (χ0) is 24.0. The third kappa shape index (κ3) is 3.91. The average Bonchev–Trinajstić information content (AvgIpc) is 3.53. The number of rotatable bonds is 5. The molecule has 1 saturated heterocycles. The van der Waals surface area contributed by atoms with Crippen LogP contribution in [0, 0.1) is 0 Å². The maximum atomic E-state index is 13.0. The van der Waals surface area contributed by atoms with Crippen molar-refractivity contribution in [2.45, 2.75) is 0 Å². The molecule has 11 heteroatoms. The molecular weight excluding hydrogens is 482 g/mol. The Morgan fingerprint density at radius 1 is 0.971 bits per heavy atom. The zero-order valence-corrected chi connectivity index (χ0v) is 18.6. The molecule has 2 aliphatic heterocycles. The largest absolute Gasteiger partial charge is 0.478 e. The number of amides is 1. The van der Waals surface area contributed by atoms with Crippen molar-refractivity contribution in [3.05, 3.63) is 70.3 Å². The second-order valence-electron chi connectivity index (χ2n) is 7.17. The monoisotopic (exact) mass is 495 g/mol. The Balaban J connectivity index is 1.43. The molecule has 170 valence electrons. The van der Waals surface area contributed by atoms with Crippen molar-refractivity contribution in [3.63, 3.8) is 0 Å². The normalized spacial score (nSPS) is 15.9. The molecule has 0 atom stereocenters. The summed E-state index contributed by atoms with van der Waals surface area (Å²) >= 11 is 6.50. The quantitative estimate of drug-likeness (QED) is 0.386. The highest BCUT2D eigenvalue weighted by Gasteiger charge is 2.34. The van der Waals surface area contributed by atoms with Gasteiger partial charge in [0.1, 0.15) is 11.5 Å². The van der Waals surface area contributed by atoms with Crippen LogP contribution in [0.2, 0.25) is 0 Å². The van der Waals surface area contributed by atoms with Crippen molar-refractivity contribution in [1.82, 2.24) is 0 Å². The summed E-state index contributed by atoms with van der Waals surface area (Å²) in [5, 5.41) is 18.6. The lowest BCUT2D eigenvalue weighted by atomic mass is 10.0. The van der Waals surface area contributed by atoms with Gasteiger partial charge < -0.3 is 24.1 Å². The van der Waals surface area contributed by atoms with E-state index < -0.39 is 11.9 Å². The first-order valence-electron chi connectivity index (χ1n) is 9.69. The molecule has 3 aromatic rings. The van der Waals surface area contributed by atoms with Crippen LogP contribution >= 0.6 is 24.0 Å². The second kappa shape index (κ2) is 8.36. The number of nitrogens with zero attached hydrogens (tertiary/aromatic N) is 1. The van der Waals surface area contributed by atoms with E-state index >= 15 is 0 Å². The summed E-state index contributed by atoms with van der Waals surface area (Å²) < 4.78 is 16.8. The number of anilines is 1. The summed E-state index contributed by atoms with van der Waals surface area (Å²) in [5.74, 6) is -1.18. The topological polar surface area (TPSA) is 127 Å². The van der Waals surface area contributed by atoms with Crippen LogP contribution in [0.15, 0.2) is 57.9 Å². The SMILES string of the molecule is O=C(O)c1cc(C(=O)O)cc(-c2ccc(C=C3SC(=S)N(c4ccc5c(c4)OCO5)C3=O)o2)c1. The van der Waals surface area contributed by atoms with Gasteiger partial charge in [-0.05, 0) is 42.5 Å². The number of carboxylic acids is 2. The molecule has 2 aromatic carbocycles. The lowest BCUT2D eigenvalue weighted by Gasteiger charge is -2.14. The molecule has 9 nitrogen and oxygen atoms in total. The van der Waals surface area contributed by atoms with Crippen molar-refractivity contribution in [2.75, 3.05) is 11.7 Å². The molecule has 1 aromatic heterocycles. The van der Waals surface area contributed by atoms with E-state index in [1.54, 1.807) is 30.3 Å². The summed E-state index contributed by atoms with van der Waals surface area (Å²) in [6.07, 6.45) is 1.52. The number of furan rings is 1. The highest BCUT2D eigenvalue weighted by Crippen LogP contribution is 2.41. The van der Waals surface area contributed by atoms with Crippen LogP contribution in [-0.2, 0) is 4.79 Å². The number of benzene rings is 2. The molecule has 0 saturated carbocycles. The predicted molar refractivity (Wildman–Crippen MR) is 126 cm³/mol. The Kier molecular flexibility index (Phi) is 5.34. The number of hydrogen-bond acceptors (Lipinski definition) is 8. The van der Waals surface area contributed by atoms with Gasteiger partial charge in [0.15, 0.2) is 15.8 Å². The Bertz CT molecular complexity index is 1390. The van der Waals surface area contributed by atoms with Crippen LogP contribution in [0.4, 0.5) is 5.69 Å².